The first-order valence-electron chi connectivity index (χ1n) is 5.71. The zero-order valence-corrected chi connectivity index (χ0v) is 10.6. The first-order chi connectivity index (χ1) is 7.98. The minimum Gasteiger partial charge on any atom is -0.364 e. The van der Waals surface area contributed by atoms with Crippen molar-refractivity contribution in [2.24, 2.45) is 5.41 Å². The first-order valence-corrected chi connectivity index (χ1v) is 5.71. The minimum absolute atomic E-state index is 0.162. The molecule has 0 amide bonds. The maximum Gasteiger partial charge on any atom is 0.131 e. The summed E-state index contributed by atoms with van der Waals surface area (Å²) in [5, 5.41) is 3.85. The molecule has 90 valence electrons. The highest BCUT2D eigenvalue weighted by Crippen LogP contribution is 2.32. The van der Waals surface area contributed by atoms with E-state index in [4.69, 9.17) is 4.52 Å². The Bertz CT molecular complexity index is 468. The molecule has 4 nitrogen and oxygen atoms in total. The fourth-order valence-electron chi connectivity index (χ4n) is 1.44. The molecule has 2 heterocycles. The van der Waals surface area contributed by atoms with Crippen molar-refractivity contribution in [2.45, 2.75) is 33.6 Å². The summed E-state index contributed by atoms with van der Waals surface area (Å²) in [4.78, 5) is 8.82. The van der Waals surface area contributed by atoms with Crippen molar-refractivity contribution >= 4 is 0 Å². The summed E-state index contributed by atoms with van der Waals surface area (Å²) < 4.78 is 4.80. The molecule has 0 radical (unpaired) electrons. The van der Waals surface area contributed by atoms with Gasteiger partial charge in [-0.15, -0.1) is 0 Å². The molecule has 17 heavy (non-hydrogen) atoms. The first kappa shape index (κ1) is 11.8. The predicted octanol–water partition coefficient (Wildman–Crippen LogP) is 3.28. The molecule has 0 aliphatic carbocycles. The molecular formula is C13H17N3O. The lowest BCUT2D eigenvalue weighted by Gasteiger charge is -2.25. The van der Waals surface area contributed by atoms with Crippen molar-refractivity contribution in [3.05, 3.63) is 30.5 Å². The van der Waals surface area contributed by atoms with E-state index in [0.29, 0.717) is 5.92 Å². The van der Waals surface area contributed by atoms with Gasteiger partial charge in [0.2, 0.25) is 0 Å². The normalized spacial score (nSPS) is 13.6. The molecule has 0 spiro atoms. The fraction of sp³-hybridized carbons (Fsp3) is 0.462. The molecule has 4 heteroatoms. The van der Waals surface area contributed by atoms with Crippen LogP contribution in [0.4, 0.5) is 0 Å². The minimum atomic E-state index is 0.162. The summed E-state index contributed by atoms with van der Waals surface area (Å²) >= 11 is 0. The number of hydrogen-bond acceptors (Lipinski definition) is 4. The third kappa shape index (κ3) is 2.52. The molecule has 0 saturated carbocycles. The van der Waals surface area contributed by atoms with Crippen molar-refractivity contribution in [3.8, 4) is 11.3 Å². The van der Waals surface area contributed by atoms with E-state index in [9.17, 15) is 0 Å². The smallest absolute Gasteiger partial charge is 0.131 e. The van der Waals surface area contributed by atoms with Gasteiger partial charge in [0.15, 0.2) is 0 Å². The summed E-state index contributed by atoms with van der Waals surface area (Å²) in [5.74, 6) is 1.18. The Morgan fingerprint density at radius 2 is 1.82 bits per heavy atom. The molecule has 2 rings (SSSR count). The van der Waals surface area contributed by atoms with Gasteiger partial charge in [-0.3, -0.25) is 0 Å². The van der Waals surface area contributed by atoms with Crippen LogP contribution in [0.25, 0.3) is 11.3 Å². The number of aromatic nitrogens is 3. The molecule has 0 aliphatic rings. The van der Waals surface area contributed by atoms with Gasteiger partial charge in [-0.25, -0.2) is 9.97 Å². The van der Waals surface area contributed by atoms with Gasteiger partial charge in [0.25, 0.3) is 0 Å². The molecule has 0 saturated heterocycles. The predicted molar refractivity (Wildman–Crippen MR) is 65.4 cm³/mol. The second kappa shape index (κ2) is 4.28. The number of nitrogens with zero attached hydrogens (tertiary/aromatic N) is 3. The van der Waals surface area contributed by atoms with Crippen molar-refractivity contribution in [3.63, 3.8) is 0 Å². The third-order valence-electron chi connectivity index (χ3n) is 3.09. The summed E-state index contributed by atoms with van der Waals surface area (Å²) in [5.41, 5.74) is 1.80. The molecule has 0 bridgehead atoms. The molecule has 2 aromatic rings. The maximum absolute atomic E-state index is 4.80. The van der Waals surface area contributed by atoms with E-state index in [1.165, 1.54) is 0 Å². The Balaban J connectivity index is 2.25. The van der Waals surface area contributed by atoms with Gasteiger partial charge < -0.3 is 4.52 Å². The van der Waals surface area contributed by atoms with E-state index in [2.05, 4.69) is 42.8 Å². The van der Waals surface area contributed by atoms with Crippen molar-refractivity contribution < 1.29 is 4.52 Å². The van der Waals surface area contributed by atoms with Crippen LogP contribution in [-0.2, 0) is 0 Å². The fourth-order valence-corrected chi connectivity index (χ4v) is 1.44. The van der Waals surface area contributed by atoms with E-state index >= 15 is 0 Å². The molecule has 0 aliphatic heterocycles. The summed E-state index contributed by atoms with van der Waals surface area (Å²) in [6.45, 7) is 8.71. The van der Waals surface area contributed by atoms with Crippen LogP contribution < -0.4 is 0 Å². The lowest BCUT2D eigenvalue weighted by atomic mass is 9.81. The third-order valence-corrected chi connectivity index (χ3v) is 3.09. The van der Waals surface area contributed by atoms with E-state index < -0.39 is 0 Å². The SMILES string of the molecule is CC(c1ncc(-c2ccon2)cn1)C(C)(C)C. The van der Waals surface area contributed by atoms with Gasteiger partial charge in [-0.05, 0) is 5.41 Å². The monoisotopic (exact) mass is 231 g/mol. The Labute approximate surface area is 101 Å². The molecule has 0 fully saturated rings. The Kier molecular flexibility index (Phi) is 2.96. The second-order valence-electron chi connectivity index (χ2n) is 5.30. The van der Waals surface area contributed by atoms with Crippen LogP contribution in [0, 0.1) is 5.41 Å². The van der Waals surface area contributed by atoms with Crippen molar-refractivity contribution in [1.82, 2.24) is 15.1 Å². The maximum atomic E-state index is 4.80. The average molecular weight is 231 g/mol. The van der Waals surface area contributed by atoms with Crippen molar-refractivity contribution in [1.29, 1.82) is 0 Å². The van der Waals surface area contributed by atoms with Gasteiger partial charge in [0.1, 0.15) is 17.8 Å². The Morgan fingerprint density at radius 1 is 1.18 bits per heavy atom. The lowest BCUT2D eigenvalue weighted by Crippen LogP contribution is -2.17. The van der Waals surface area contributed by atoms with Crippen LogP contribution in [0.3, 0.4) is 0 Å². The van der Waals surface area contributed by atoms with E-state index in [1.807, 2.05) is 0 Å². The van der Waals surface area contributed by atoms with Crippen molar-refractivity contribution in [2.75, 3.05) is 0 Å². The topological polar surface area (TPSA) is 51.8 Å². The standard InChI is InChI=1S/C13H17N3O/c1-9(13(2,3)4)12-14-7-10(8-15-12)11-5-6-17-16-11/h5-9H,1-4H3. The summed E-state index contributed by atoms with van der Waals surface area (Å²) in [7, 11) is 0. The molecule has 0 aromatic carbocycles. The van der Waals surface area contributed by atoms with Crippen LogP contribution in [0.2, 0.25) is 0 Å². The van der Waals surface area contributed by atoms with Gasteiger partial charge in [-0.1, -0.05) is 32.9 Å². The zero-order chi connectivity index (χ0) is 12.5. The zero-order valence-electron chi connectivity index (χ0n) is 10.6. The van der Waals surface area contributed by atoms with E-state index in [1.54, 1.807) is 24.7 Å². The van der Waals surface area contributed by atoms with Gasteiger partial charge >= 0.3 is 0 Å². The molecule has 0 N–H and O–H groups in total. The van der Waals surface area contributed by atoms with Crippen LogP contribution in [0.15, 0.2) is 29.2 Å². The van der Waals surface area contributed by atoms with Crippen LogP contribution in [-0.4, -0.2) is 15.1 Å². The second-order valence-corrected chi connectivity index (χ2v) is 5.30. The van der Waals surface area contributed by atoms with Crippen LogP contribution in [0.5, 0.6) is 0 Å². The lowest BCUT2D eigenvalue weighted by molar-refractivity contribution is 0.328. The van der Waals surface area contributed by atoms with E-state index in [0.717, 1.165) is 17.1 Å². The number of rotatable bonds is 2. The molecular weight excluding hydrogens is 214 g/mol. The summed E-state index contributed by atoms with van der Waals surface area (Å²) in [6.07, 6.45) is 5.13. The highest BCUT2D eigenvalue weighted by atomic mass is 16.5. The number of hydrogen-bond donors (Lipinski definition) is 0. The molecule has 1 unspecified atom stereocenters. The van der Waals surface area contributed by atoms with Gasteiger partial charge in [0, 0.05) is 29.9 Å². The molecule has 2 aromatic heterocycles. The average Bonchev–Trinajstić information content (AvgIpc) is 2.80. The van der Waals surface area contributed by atoms with Crippen LogP contribution in [0.1, 0.15) is 39.4 Å². The summed E-state index contributed by atoms with van der Waals surface area (Å²) in [6, 6.07) is 1.80. The van der Waals surface area contributed by atoms with E-state index in [-0.39, 0.29) is 5.41 Å². The molecule has 1 atom stereocenters. The quantitative estimate of drug-likeness (QED) is 0.795. The van der Waals surface area contributed by atoms with Crippen LogP contribution >= 0.6 is 0 Å². The Morgan fingerprint density at radius 3 is 2.29 bits per heavy atom. The van der Waals surface area contributed by atoms with Gasteiger partial charge in [0.05, 0.1) is 0 Å². The highest BCUT2D eigenvalue weighted by molar-refractivity contribution is 5.55. The largest absolute Gasteiger partial charge is 0.364 e. The highest BCUT2D eigenvalue weighted by Gasteiger charge is 2.23. The Hall–Kier alpha value is -1.71. The van der Waals surface area contributed by atoms with Gasteiger partial charge in [-0.2, -0.15) is 0 Å².